The molecule has 0 fully saturated rings. The number of carbonyl (C=O) groups is 2. The van der Waals surface area contributed by atoms with Crippen LogP contribution in [-0.2, 0) is 4.79 Å². The summed E-state index contributed by atoms with van der Waals surface area (Å²) in [6.45, 7) is 6.31. The minimum Gasteiger partial charge on any atom is -0.285 e. The second kappa shape index (κ2) is 5.62. The molecule has 1 atom stereocenters. The molecule has 1 aromatic heterocycles. The molecule has 0 spiro atoms. The van der Waals surface area contributed by atoms with Crippen LogP contribution in [0.15, 0.2) is 48.2 Å². The number of carbonyl (C=O) groups excluding carboxylic acids is 2. The molecule has 2 aromatic rings. The van der Waals surface area contributed by atoms with Crippen molar-refractivity contribution in [2.75, 3.05) is 0 Å². The van der Waals surface area contributed by atoms with Gasteiger partial charge in [0.25, 0.3) is 0 Å². The van der Waals surface area contributed by atoms with E-state index in [2.05, 4.69) is 44.0 Å². The molecule has 2 aliphatic carbocycles. The van der Waals surface area contributed by atoms with Crippen molar-refractivity contribution in [1.29, 1.82) is 0 Å². The molecule has 2 aliphatic rings. The van der Waals surface area contributed by atoms with Crippen LogP contribution in [0.2, 0.25) is 0 Å². The summed E-state index contributed by atoms with van der Waals surface area (Å²) in [5, 5.41) is 0. The molecule has 0 saturated carbocycles. The highest BCUT2D eigenvalue weighted by Crippen LogP contribution is 2.40. The summed E-state index contributed by atoms with van der Waals surface area (Å²) in [6, 6.07) is 7.72. The third kappa shape index (κ3) is 2.39. The first-order valence-electron chi connectivity index (χ1n) is 8.52. The number of fused-ring (bicyclic) bond motifs is 3. The topological polar surface area (TPSA) is 47.0 Å². The average molecular weight is 329 g/mol. The molecular formula is C22H19NO2. The Kier molecular flexibility index (Phi) is 3.53. The summed E-state index contributed by atoms with van der Waals surface area (Å²) in [4.78, 5) is 29.4. The average Bonchev–Trinajstić information content (AvgIpc) is 2.59. The van der Waals surface area contributed by atoms with Gasteiger partial charge in [-0.25, -0.2) is 0 Å². The van der Waals surface area contributed by atoms with Gasteiger partial charge in [-0.05, 0) is 56.0 Å². The zero-order chi connectivity index (χ0) is 17.7. The summed E-state index contributed by atoms with van der Waals surface area (Å²) in [5.41, 5.74) is 7.30. The highest BCUT2D eigenvalue weighted by molar-refractivity contribution is 6.54. The monoisotopic (exact) mass is 329 g/mol. The number of pyridine rings is 1. The van der Waals surface area contributed by atoms with E-state index in [9.17, 15) is 9.59 Å². The Bertz CT molecular complexity index is 972. The fourth-order valence-electron chi connectivity index (χ4n) is 4.16. The van der Waals surface area contributed by atoms with Gasteiger partial charge in [0.15, 0.2) is 0 Å². The third-order valence-electron chi connectivity index (χ3n) is 5.10. The van der Waals surface area contributed by atoms with Crippen LogP contribution >= 0.6 is 0 Å². The molecule has 0 amide bonds. The molecule has 1 unspecified atom stereocenters. The van der Waals surface area contributed by atoms with Crippen LogP contribution in [0.4, 0.5) is 0 Å². The summed E-state index contributed by atoms with van der Waals surface area (Å²) < 4.78 is 0. The normalized spacial score (nSPS) is 19.1. The predicted octanol–water partition coefficient (Wildman–Crippen LogP) is 4.27. The first kappa shape index (κ1) is 15.7. The fraction of sp³-hybridized carbons (Fsp3) is 0.227. The Morgan fingerprint density at radius 1 is 1.00 bits per heavy atom. The van der Waals surface area contributed by atoms with Crippen molar-refractivity contribution in [2.24, 2.45) is 0 Å². The lowest BCUT2D eigenvalue weighted by Crippen LogP contribution is -2.27. The second-order valence-corrected chi connectivity index (χ2v) is 6.91. The lowest BCUT2D eigenvalue weighted by atomic mass is 9.76. The predicted molar refractivity (Wildman–Crippen MR) is 97.6 cm³/mol. The first-order valence-corrected chi connectivity index (χ1v) is 8.52. The van der Waals surface area contributed by atoms with E-state index in [0.29, 0.717) is 16.8 Å². The van der Waals surface area contributed by atoms with Gasteiger partial charge in [-0.1, -0.05) is 29.8 Å². The molecule has 124 valence electrons. The minimum absolute atomic E-state index is 0.112. The van der Waals surface area contributed by atoms with Crippen LogP contribution in [0.25, 0.3) is 5.57 Å². The van der Waals surface area contributed by atoms with Crippen LogP contribution in [0.5, 0.6) is 0 Å². The largest absolute Gasteiger partial charge is 0.285 e. The summed E-state index contributed by atoms with van der Waals surface area (Å²) >= 11 is 0. The SMILES string of the molecule is Cc1cc(C)c(C2C=C3C(=O)C(=O)c4cccnc4C3=CC2)c(C)c1. The Hall–Kier alpha value is -2.81. The van der Waals surface area contributed by atoms with Gasteiger partial charge in [-0.2, -0.15) is 0 Å². The number of aryl methyl sites for hydroxylation is 3. The van der Waals surface area contributed by atoms with Gasteiger partial charge in [0.2, 0.25) is 11.6 Å². The molecule has 0 radical (unpaired) electrons. The van der Waals surface area contributed by atoms with Crippen LogP contribution in [0, 0.1) is 20.8 Å². The number of benzene rings is 1. The molecule has 25 heavy (non-hydrogen) atoms. The van der Waals surface area contributed by atoms with Gasteiger partial charge in [-0.15, -0.1) is 0 Å². The molecule has 1 aromatic carbocycles. The van der Waals surface area contributed by atoms with Crippen LogP contribution in [0.3, 0.4) is 0 Å². The van der Waals surface area contributed by atoms with Crippen molar-refractivity contribution in [3.8, 4) is 0 Å². The molecule has 3 nitrogen and oxygen atoms in total. The van der Waals surface area contributed by atoms with Gasteiger partial charge in [-0.3, -0.25) is 14.6 Å². The molecule has 0 saturated heterocycles. The van der Waals surface area contributed by atoms with Crippen LogP contribution in [0.1, 0.15) is 50.6 Å². The molecular weight excluding hydrogens is 310 g/mol. The van der Waals surface area contributed by atoms with E-state index in [1.54, 1.807) is 18.3 Å². The van der Waals surface area contributed by atoms with Gasteiger partial charge in [0.1, 0.15) is 0 Å². The van der Waals surface area contributed by atoms with Crippen molar-refractivity contribution in [2.45, 2.75) is 33.1 Å². The van der Waals surface area contributed by atoms with Crippen LogP contribution in [-0.4, -0.2) is 16.6 Å². The maximum Gasteiger partial charge on any atom is 0.235 e. The molecule has 4 rings (SSSR count). The summed E-state index contributed by atoms with van der Waals surface area (Å²) in [6.07, 6.45) is 6.51. The smallest absolute Gasteiger partial charge is 0.235 e. The molecule has 1 heterocycles. The van der Waals surface area contributed by atoms with Crippen molar-refractivity contribution >= 4 is 17.1 Å². The van der Waals surface area contributed by atoms with E-state index < -0.39 is 11.6 Å². The Morgan fingerprint density at radius 2 is 1.72 bits per heavy atom. The number of allylic oxidation sites excluding steroid dienone is 4. The highest BCUT2D eigenvalue weighted by atomic mass is 16.2. The van der Waals surface area contributed by atoms with E-state index in [4.69, 9.17) is 0 Å². The van der Waals surface area contributed by atoms with Crippen molar-refractivity contribution < 1.29 is 9.59 Å². The molecule has 0 aliphatic heterocycles. The Balaban J connectivity index is 1.84. The number of nitrogens with zero attached hydrogens (tertiary/aromatic N) is 1. The standard InChI is InChI=1S/C22H19NO2/c1-12-9-13(2)19(14(3)10-12)15-6-7-16-18(11-15)22(25)21(24)17-5-4-8-23-20(16)17/h4-5,7-11,15H,6H2,1-3H3. The number of hydrogen-bond acceptors (Lipinski definition) is 3. The van der Waals surface area contributed by atoms with E-state index >= 15 is 0 Å². The maximum atomic E-state index is 12.6. The van der Waals surface area contributed by atoms with Gasteiger partial charge in [0, 0.05) is 23.3 Å². The van der Waals surface area contributed by atoms with E-state index in [-0.39, 0.29) is 5.92 Å². The highest BCUT2D eigenvalue weighted by Gasteiger charge is 2.36. The number of rotatable bonds is 1. The number of aromatic nitrogens is 1. The van der Waals surface area contributed by atoms with E-state index in [1.807, 2.05) is 6.08 Å². The number of ketones is 2. The quantitative estimate of drug-likeness (QED) is 0.734. The zero-order valence-corrected chi connectivity index (χ0v) is 14.6. The second-order valence-electron chi connectivity index (χ2n) is 6.91. The van der Waals surface area contributed by atoms with E-state index in [0.717, 1.165) is 12.0 Å². The van der Waals surface area contributed by atoms with Gasteiger partial charge < -0.3 is 0 Å². The fourth-order valence-corrected chi connectivity index (χ4v) is 4.16. The lowest BCUT2D eigenvalue weighted by molar-refractivity contribution is -0.111. The number of hydrogen-bond donors (Lipinski definition) is 0. The molecule has 0 bridgehead atoms. The lowest BCUT2D eigenvalue weighted by Gasteiger charge is -2.27. The molecule has 0 N–H and O–H groups in total. The van der Waals surface area contributed by atoms with Crippen LogP contribution < -0.4 is 0 Å². The maximum absolute atomic E-state index is 12.6. The zero-order valence-electron chi connectivity index (χ0n) is 14.6. The van der Waals surface area contributed by atoms with Gasteiger partial charge >= 0.3 is 0 Å². The Morgan fingerprint density at radius 3 is 2.44 bits per heavy atom. The minimum atomic E-state index is -0.454. The van der Waals surface area contributed by atoms with Crippen molar-refractivity contribution in [1.82, 2.24) is 4.98 Å². The van der Waals surface area contributed by atoms with Crippen molar-refractivity contribution in [3.05, 3.63) is 81.7 Å². The van der Waals surface area contributed by atoms with Gasteiger partial charge in [0.05, 0.1) is 11.3 Å². The first-order chi connectivity index (χ1) is 12.0. The summed E-state index contributed by atoms with van der Waals surface area (Å²) in [7, 11) is 0. The van der Waals surface area contributed by atoms with E-state index in [1.165, 1.54) is 22.3 Å². The summed E-state index contributed by atoms with van der Waals surface area (Å²) in [5.74, 6) is -0.760. The third-order valence-corrected chi connectivity index (χ3v) is 5.10. The molecule has 3 heteroatoms. The number of Topliss-reactive ketones (excluding diaryl/α,β-unsaturated/α-hetero) is 2. The van der Waals surface area contributed by atoms with Crippen molar-refractivity contribution in [3.63, 3.8) is 0 Å². The Labute approximate surface area is 147 Å².